The second-order valence-corrected chi connectivity index (χ2v) is 6.17. The van der Waals surface area contributed by atoms with E-state index in [4.69, 9.17) is 0 Å². The molecule has 1 spiro atoms. The maximum atomic E-state index is 10.5. The predicted molar refractivity (Wildman–Crippen MR) is 73.5 cm³/mol. The van der Waals surface area contributed by atoms with Crippen LogP contribution in [0.2, 0.25) is 0 Å². The minimum Gasteiger partial charge on any atom is -0.392 e. The number of benzene rings is 1. The van der Waals surface area contributed by atoms with Crippen molar-refractivity contribution in [2.45, 2.75) is 38.2 Å². The van der Waals surface area contributed by atoms with Crippen LogP contribution in [0.4, 0.5) is 0 Å². The molecule has 4 unspecified atom stereocenters. The van der Waals surface area contributed by atoms with Crippen molar-refractivity contribution in [1.82, 2.24) is 5.32 Å². The number of rotatable bonds is 1. The minimum absolute atomic E-state index is 0.110. The molecule has 2 fully saturated rings. The van der Waals surface area contributed by atoms with E-state index in [1.165, 1.54) is 5.56 Å². The molecule has 2 N–H and O–H groups in total. The molecule has 2 nitrogen and oxygen atoms in total. The van der Waals surface area contributed by atoms with Crippen molar-refractivity contribution in [3.05, 3.63) is 35.9 Å². The lowest BCUT2D eigenvalue weighted by Crippen LogP contribution is -2.45. The Morgan fingerprint density at radius 3 is 2.67 bits per heavy atom. The summed E-state index contributed by atoms with van der Waals surface area (Å²) in [7, 11) is 0. The SMILES string of the molecule is CC1CNCC12CC(c1ccccc1)CCC2O. The molecule has 4 atom stereocenters. The summed E-state index contributed by atoms with van der Waals surface area (Å²) in [4.78, 5) is 0. The molecule has 0 aromatic heterocycles. The van der Waals surface area contributed by atoms with Gasteiger partial charge in [0.05, 0.1) is 6.10 Å². The highest BCUT2D eigenvalue weighted by Gasteiger charge is 2.49. The van der Waals surface area contributed by atoms with Crippen LogP contribution in [0.1, 0.15) is 37.7 Å². The summed E-state index contributed by atoms with van der Waals surface area (Å²) in [6.45, 7) is 4.33. The highest BCUT2D eigenvalue weighted by molar-refractivity contribution is 5.22. The Balaban J connectivity index is 1.85. The zero-order chi connectivity index (χ0) is 12.6. The van der Waals surface area contributed by atoms with Crippen molar-refractivity contribution in [1.29, 1.82) is 0 Å². The van der Waals surface area contributed by atoms with E-state index in [-0.39, 0.29) is 11.5 Å². The first-order valence-electron chi connectivity index (χ1n) is 7.16. The minimum atomic E-state index is -0.123. The molecule has 1 heterocycles. The van der Waals surface area contributed by atoms with Crippen molar-refractivity contribution in [2.24, 2.45) is 11.3 Å². The van der Waals surface area contributed by atoms with Crippen LogP contribution < -0.4 is 5.32 Å². The van der Waals surface area contributed by atoms with E-state index in [0.717, 1.165) is 32.4 Å². The molecule has 0 radical (unpaired) electrons. The quantitative estimate of drug-likeness (QED) is 0.797. The maximum Gasteiger partial charge on any atom is 0.0612 e. The van der Waals surface area contributed by atoms with Crippen LogP contribution in [0.5, 0.6) is 0 Å². The Labute approximate surface area is 109 Å². The summed E-state index contributed by atoms with van der Waals surface area (Å²) in [5.41, 5.74) is 1.56. The third-order valence-corrected chi connectivity index (χ3v) is 5.24. The highest BCUT2D eigenvalue weighted by Crippen LogP contribution is 2.49. The van der Waals surface area contributed by atoms with Gasteiger partial charge in [0.2, 0.25) is 0 Å². The van der Waals surface area contributed by atoms with Gasteiger partial charge in [0.15, 0.2) is 0 Å². The maximum absolute atomic E-state index is 10.5. The van der Waals surface area contributed by atoms with Gasteiger partial charge in [0, 0.05) is 12.0 Å². The van der Waals surface area contributed by atoms with Gasteiger partial charge in [-0.25, -0.2) is 0 Å². The number of aliphatic hydroxyl groups excluding tert-OH is 1. The number of aliphatic hydroxyl groups is 1. The van der Waals surface area contributed by atoms with Crippen LogP contribution in [0, 0.1) is 11.3 Å². The Bertz CT molecular complexity index is 405. The van der Waals surface area contributed by atoms with Crippen molar-refractivity contribution in [2.75, 3.05) is 13.1 Å². The molecule has 18 heavy (non-hydrogen) atoms. The van der Waals surface area contributed by atoms with Crippen LogP contribution in [0.15, 0.2) is 30.3 Å². The van der Waals surface area contributed by atoms with Gasteiger partial charge in [-0.1, -0.05) is 37.3 Å². The topological polar surface area (TPSA) is 32.3 Å². The summed E-state index contributed by atoms with van der Waals surface area (Å²) in [6.07, 6.45) is 3.08. The van der Waals surface area contributed by atoms with Crippen LogP contribution in [0.3, 0.4) is 0 Å². The first kappa shape index (κ1) is 12.2. The molecule has 1 saturated carbocycles. The summed E-state index contributed by atoms with van der Waals surface area (Å²) in [6, 6.07) is 10.8. The Morgan fingerprint density at radius 1 is 1.22 bits per heavy atom. The predicted octanol–water partition coefficient (Wildman–Crippen LogP) is 2.54. The first-order chi connectivity index (χ1) is 8.72. The summed E-state index contributed by atoms with van der Waals surface area (Å²) >= 11 is 0. The fourth-order valence-electron chi connectivity index (χ4n) is 3.97. The lowest BCUT2D eigenvalue weighted by Gasteiger charge is -2.45. The Kier molecular flexibility index (Phi) is 3.16. The number of nitrogens with one attached hydrogen (secondary N) is 1. The van der Waals surface area contributed by atoms with Crippen molar-refractivity contribution >= 4 is 0 Å². The van der Waals surface area contributed by atoms with Crippen LogP contribution >= 0.6 is 0 Å². The zero-order valence-corrected chi connectivity index (χ0v) is 11.1. The molecule has 2 heteroatoms. The van der Waals surface area contributed by atoms with Gasteiger partial charge in [-0.2, -0.15) is 0 Å². The van der Waals surface area contributed by atoms with Crippen molar-refractivity contribution in [3.63, 3.8) is 0 Å². The molecule has 1 aliphatic carbocycles. The molecule has 3 rings (SSSR count). The van der Waals surface area contributed by atoms with E-state index >= 15 is 0 Å². The van der Waals surface area contributed by atoms with Crippen molar-refractivity contribution in [3.8, 4) is 0 Å². The van der Waals surface area contributed by atoms with Gasteiger partial charge in [0.25, 0.3) is 0 Å². The molecule has 1 saturated heterocycles. The zero-order valence-electron chi connectivity index (χ0n) is 11.1. The molecule has 0 amide bonds. The molecule has 1 aromatic rings. The first-order valence-corrected chi connectivity index (χ1v) is 7.16. The average Bonchev–Trinajstić information content (AvgIpc) is 2.76. The highest BCUT2D eigenvalue weighted by atomic mass is 16.3. The third-order valence-electron chi connectivity index (χ3n) is 5.24. The molecule has 98 valence electrons. The van der Waals surface area contributed by atoms with Gasteiger partial charge in [-0.15, -0.1) is 0 Å². The number of hydrogen-bond donors (Lipinski definition) is 2. The third kappa shape index (κ3) is 1.88. The van der Waals surface area contributed by atoms with E-state index in [2.05, 4.69) is 42.6 Å². The summed E-state index contributed by atoms with van der Waals surface area (Å²) in [5.74, 6) is 1.20. The van der Waals surface area contributed by atoms with E-state index in [9.17, 15) is 5.11 Å². The van der Waals surface area contributed by atoms with Crippen LogP contribution in [-0.4, -0.2) is 24.3 Å². The lowest BCUT2D eigenvalue weighted by atomic mass is 9.62. The molecule has 2 aliphatic rings. The standard InChI is InChI=1S/C16H23NO/c1-12-10-17-11-16(12)9-14(7-8-15(16)18)13-5-3-2-4-6-13/h2-6,12,14-15,17-18H,7-11H2,1H3. The van der Waals surface area contributed by atoms with E-state index < -0.39 is 0 Å². The smallest absolute Gasteiger partial charge is 0.0612 e. The fraction of sp³-hybridized carbons (Fsp3) is 0.625. The van der Waals surface area contributed by atoms with Crippen LogP contribution in [-0.2, 0) is 0 Å². The molecular weight excluding hydrogens is 222 g/mol. The molecule has 1 aliphatic heterocycles. The second-order valence-electron chi connectivity index (χ2n) is 6.17. The monoisotopic (exact) mass is 245 g/mol. The normalized spacial score (nSPS) is 40.2. The van der Waals surface area contributed by atoms with E-state index in [1.54, 1.807) is 0 Å². The number of hydrogen-bond acceptors (Lipinski definition) is 2. The Morgan fingerprint density at radius 2 is 2.00 bits per heavy atom. The van der Waals surface area contributed by atoms with E-state index in [1.807, 2.05) is 0 Å². The van der Waals surface area contributed by atoms with E-state index in [0.29, 0.717) is 11.8 Å². The van der Waals surface area contributed by atoms with Crippen molar-refractivity contribution < 1.29 is 5.11 Å². The average molecular weight is 245 g/mol. The van der Waals surface area contributed by atoms with Crippen LogP contribution in [0.25, 0.3) is 0 Å². The van der Waals surface area contributed by atoms with Gasteiger partial charge in [-0.05, 0) is 43.2 Å². The van der Waals surface area contributed by atoms with Gasteiger partial charge >= 0.3 is 0 Å². The molecular formula is C16H23NO. The molecule has 1 aromatic carbocycles. The molecule has 0 bridgehead atoms. The van der Waals surface area contributed by atoms with Gasteiger partial charge < -0.3 is 10.4 Å². The lowest BCUT2D eigenvalue weighted by molar-refractivity contribution is -0.0303. The summed E-state index contributed by atoms with van der Waals surface area (Å²) in [5, 5.41) is 13.9. The second kappa shape index (κ2) is 4.67. The summed E-state index contributed by atoms with van der Waals surface area (Å²) < 4.78 is 0. The van der Waals surface area contributed by atoms with Gasteiger partial charge in [0.1, 0.15) is 0 Å². The largest absolute Gasteiger partial charge is 0.392 e. The fourth-order valence-corrected chi connectivity index (χ4v) is 3.97. The Hall–Kier alpha value is -0.860. The van der Waals surface area contributed by atoms with Gasteiger partial charge in [-0.3, -0.25) is 0 Å².